The smallest absolute Gasteiger partial charge is 0.254 e. The molecule has 2 aromatic carbocycles. The molecule has 0 aliphatic heterocycles. The summed E-state index contributed by atoms with van der Waals surface area (Å²) >= 11 is 0. The highest BCUT2D eigenvalue weighted by Crippen LogP contribution is 2.26. The molecule has 0 aromatic heterocycles. The van der Waals surface area contributed by atoms with Gasteiger partial charge in [0.1, 0.15) is 5.75 Å². The number of ether oxygens (including phenoxy) is 1. The van der Waals surface area contributed by atoms with Crippen LogP contribution in [0.25, 0.3) is 0 Å². The SMILES string of the molecule is CC(c1cccc(S(N)(=O)=O)c1)N(C)C(=O)c1ccc(OC2CCCC2)cc1. The second-order valence-electron chi connectivity index (χ2n) is 7.26. The summed E-state index contributed by atoms with van der Waals surface area (Å²) in [4.78, 5) is 14.5. The zero-order chi connectivity index (χ0) is 20.3. The van der Waals surface area contributed by atoms with Crippen molar-refractivity contribution in [3.8, 4) is 5.75 Å². The molecule has 6 nitrogen and oxygen atoms in total. The van der Waals surface area contributed by atoms with Crippen molar-refractivity contribution in [2.45, 2.75) is 49.6 Å². The highest BCUT2D eigenvalue weighted by atomic mass is 32.2. The van der Waals surface area contributed by atoms with E-state index in [-0.39, 0.29) is 22.9 Å². The molecule has 0 saturated heterocycles. The quantitative estimate of drug-likeness (QED) is 0.801. The molecule has 0 radical (unpaired) electrons. The zero-order valence-electron chi connectivity index (χ0n) is 16.2. The minimum atomic E-state index is -3.79. The first-order valence-corrected chi connectivity index (χ1v) is 11.0. The first-order chi connectivity index (χ1) is 13.3. The lowest BCUT2D eigenvalue weighted by molar-refractivity contribution is 0.0742. The molecule has 2 N–H and O–H groups in total. The molecule has 0 bridgehead atoms. The molecule has 0 spiro atoms. The molecule has 2 aromatic rings. The zero-order valence-corrected chi connectivity index (χ0v) is 17.0. The normalized spacial score (nSPS) is 16.0. The van der Waals surface area contributed by atoms with Crippen LogP contribution in [0.3, 0.4) is 0 Å². The number of carbonyl (C=O) groups excluding carboxylic acids is 1. The molecule has 28 heavy (non-hydrogen) atoms. The molecule has 3 rings (SSSR count). The van der Waals surface area contributed by atoms with Crippen molar-refractivity contribution in [1.29, 1.82) is 0 Å². The maximum atomic E-state index is 12.8. The van der Waals surface area contributed by atoms with Crippen LogP contribution in [0.4, 0.5) is 0 Å². The second kappa shape index (κ2) is 8.32. The summed E-state index contributed by atoms with van der Waals surface area (Å²) in [5.41, 5.74) is 1.25. The van der Waals surface area contributed by atoms with Crippen LogP contribution in [0.15, 0.2) is 53.4 Å². The molecule has 1 saturated carbocycles. The summed E-state index contributed by atoms with van der Waals surface area (Å²) < 4.78 is 29.1. The van der Waals surface area contributed by atoms with Gasteiger partial charge in [0, 0.05) is 12.6 Å². The number of benzene rings is 2. The van der Waals surface area contributed by atoms with Gasteiger partial charge in [0.05, 0.1) is 17.0 Å². The van der Waals surface area contributed by atoms with E-state index in [1.54, 1.807) is 36.2 Å². The molecule has 1 fully saturated rings. The van der Waals surface area contributed by atoms with Crippen molar-refractivity contribution in [3.05, 3.63) is 59.7 Å². The molecule has 7 heteroatoms. The Kier molecular flexibility index (Phi) is 6.05. The highest BCUT2D eigenvalue weighted by Gasteiger charge is 2.21. The van der Waals surface area contributed by atoms with Gasteiger partial charge in [-0.2, -0.15) is 0 Å². The summed E-state index contributed by atoms with van der Waals surface area (Å²) in [6, 6.07) is 13.2. The lowest BCUT2D eigenvalue weighted by Crippen LogP contribution is -2.29. The monoisotopic (exact) mass is 402 g/mol. The minimum absolute atomic E-state index is 0.0334. The van der Waals surface area contributed by atoms with Crippen molar-refractivity contribution in [2.75, 3.05) is 7.05 Å². The molecule has 1 aliphatic carbocycles. The standard InChI is InChI=1S/C21H26N2O4S/c1-15(17-6-5-9-20(14-17)28(22,25)26)23(2)21(24)16-10-12-19(13-11-16)27-18-7-3-4-8-18/h5-6,9-15,18H,3-4,7-8H2,1-2H3,(H2,22,25,26). The molecule has 1 atom stereocenters. The third-order valence-electron chi connectivity index (χ3n) is 5.28. The van der Waals surface area contributed by atoms with Crippen molar-refractivity contribution in [1.82, 2.24) is 4.90 Å². The third kappa shape index (κ3) is 4.72. The maximum Gasteiger partial charge on any atom is 0.254 e. The van der Waals surface area contributed by atoms with Gasteiger partial charge in [0.15, 0.2) is 0 Å². The van der Waals surface area contributed by atoms with Crippen LogP contribution < -0.4 is 9.88 Å². The first-order valence-electron chi connectivity index (χ1n) is 9.42. The highest BCUT2D eigenvalue weighted by molar-refractivity contribution is 7.89. The number of rotatable bonds is 6. The van der Waals surface area contributed by atoms with Crippen LogP contribution in [0, 0.1) is 0 Å². The van der Waals surface area contributed by atoms with Gasteiger partial charge in [-0.25, -0.2) is 13.6 Å². The molecular weight excluding hydrogens is 376 g/mol. The average molecular weight is 403 g/mol. The summed E-state index contributed by atoms with van der Waals surface area (Å²) in [5, 5.41) is 5.21. The summed E-state index contributed by atoms with van der Waals surface area (Å²) in [6.07, 6.45) is 4.85. The fourth-order valence-electron chi connectivity index (χ4n) is 3.43. The van der Waals surface area contributed by atoms with Crippen molar-refractivity contribution < 1.29 is 17.9 Å². The number of hydrogen-bond donors (Lipinski definition) is 1. The van der Waals surface area contributed by atoms with Gasteiger partial charge < -0.3 is 9.64 Å². The summed E-state index contributed by atoms with van der Waals surface area (Å²) in [7, 11) is -2.10. The van der Waals surface area contributed by atoms with Crippen LogP contribution in [0.5, 0.6) is 5.75 Å². The fraction of sp³-hybridized carbons (Fsp3) is 0.381. The largest absolute Gasteiger partial charge is 0.490 e. The van der Waals surface area contributed by atoms with E-state index >= 15 is 0 Å². The Bertz CT molecular complexity index is 935. The lowest BCUT2D eigenvalue weighted by atomic mass is 10.1. The van der Waals surface area contributed by atoms with E-state index < -0.39 is 10.0 Å². The van der Waals surface area contributed by atoms with Crippen LogP contribution in [0.2, 0.25) is 0 Å². The van der Waals surface area contributed by atoms with Gasteiger partial charge in [-0.15, -0.1) is 0 Å². The van der Waals surface area contributed by atoms with Gasteiger partial charge in [0.2, 0.25) is 10.0 Å². The molecule has 1 unspecified atom stereocenters. The van der Waals surface area contributed by atoms with Crippen LogP contribution in [0.1, 0.15) is 54.6 Å². The van der Waals surface area contributed by atoms with Gasteiger partial charge in [-0.3, -0.25) is 4.79 Å². The summed E-state index contributed by atoms with van der Waals surface area (Å²) in [5.74, 6) is 0.626. The van der Waals surface area contributed by atoms with Gasteiger partial charge >= 0.3 is 0 Å². The number of hydrogen-bond acceptors (Lipinski definition) is 4. The van der Waals surface area contributed by atoms with E-state index in [0.717, 1.165) is 18.6 Å². The van der Waals surface area contributed by atoms with Crippen molar-refractivity contribution >= 4 is 15.9 Å². The summed E-state index contributed by atoms with van der Waals surface area (Å²) in [6.45, 7) is 1.84. The fourth-order valence-corrected chi connectivity index (χ4v) is 4.00. The van der Waals surface area contributed by atoms with E-state index in [9.17, 15) is 13.2 Å². The minimum Gasteiger partial charge on any atom is -0.490 e. The Morgan fingerprint density at radius 3 is 2.39 bits per heavy atom. The number of nitrogens with two attached hydrogens (primary N) is 1. The Morgan fingerprint density at radius 1 is 1.14 bits per heavy atom. The number of amides is 1. The number of carbonyl (C=O) groups is 1. The van der Waals surface area contributed by atoms with E-state index in [1.165, 1.54) is 25.0 Å². The molecule has 150 valence electrons. The topological polar surface area (TPSA) is 89.7 Å². The lowest BCUT2D eigenvalue weighted by Gasteiger charge is -2.26. The van der Waals surface area contributed by atoms with Gasteiger partial charge in [0.25, 0.3) is 5.91 Å². The van der Waals surface area contributed by atoms with E-state index in [1.807, 2.05) is 19.1 Å². The Hall–Kier alpha value is -2.38. The predicted molar refractivity (Wildman–Crippen MR) is 108 cm³/mol. The van der Waals surface area contributed by atoms with E-state index in [2.05, 4.69) is 0 Å². The third-order valence-corrected chi connectivity index (χ3v) is 6.19. The van der Waals surface area contributed by atoms with Crippen molar-refractivity contribution in [3.63, 3.8) is 0 Å². The second-order valence-corrected chi connectivity index (χ2v) is 8.82. The first kappa shape index (κ1) is 20.4. The molecule has 0 heterocycles. The predicted octanol–water partition coefficient (Wildman–Crippen LogP) is 3.49. The van der Waals surface area contributed by atoms with Crippen LogP contribution in [-0.4, -0.2) is 32.4 Å². The van der Waals surface area contributed by atoms with E-state index in [4.69, 9.17) is 9.88 Å². The van der Waals surface area contributed by atoms with Crippen LogP contribution in [-0.2, 0) is 10.0 Å². The van der Waals surface area contributed by atoms with Gasteiger partial charge in [-0.1, -0.05) is 12.1 Å². The van der Waals surface area contributed by atoms with Gasteiger partial charge in [-0.05, 0) is 74.6 Å². The number of nitrogens with zero attached hydrogens (tertiary/aromatic N) is 1. The molecule has 1 aliphatic rings. The van der Waals surface area contributed by atoms with E-state index in [0.29, 0.717) is 11.1 Å². The number of sulfonamides is 1. The maximum absolute atomic E-state index is 12.8. The Labute approximate surface area is 166 Å². The Morgan fingerprint density at radius 2 is 1.79 bits per heavy atom. The molecular formula is C21H26N2O4S. The Balaban J connectivity index is 1.71. The van der Waals surface area contributed by atoms with Crippen molar-refractivity contribution in [2.24, 2.45) is 5.14 Å². The number of primary sulfonamides is 1. The van der Waals surface area contributed by atoms with Crippen LogP contribution >= 0.6 is 0 Å². The average Bonchev–Trinajstić information content (AvgIpc) is 3.19. The molecule has 1 amide bonds.